The van der Waals surface area contributed by atoms with Gasteiger partial charge in [-0.3, -0.25) is 4.79 Å². The molecule has 0 aromatic heterocycles. The maximum absolute atomic E-state index is 11.0. The van der Waals surface area contributed by atoms with Gasteiger partial charge in [0.05, 0.1) is 13.5 Å². The van der Waals surface area contributed by atoms with E-state index in [0.717, 1.165) is 0 Å². The summed E-state index contributed by atoms with van der Waals surface area (Å²) in [6.07, 6.45) is -0.123. The van der Waals surface area contributed by atoms with Crippen molar-refractivity contribution in [3.8, 4) is 0 Å². The summed E-state index contributed by atoms with van der Waals surface area (Å²) in [5, 5.41) is 0. The molecule has 0 rings (SSSR count). The number of hydrogen-bond acceptors (Lipinski definition) is 4. The van der Waals surface area contributed by atoms with Crippen LogP contribution in [0.15, 0.2) is 0 Å². The minimum Gasteiger partial charge on any atom is -0.469 e. The predicted octanol–water partition coefficient (Wildman–Crippen LogP) is 1.19. The van der Waals surface area contributed by atoms with Gasteiger partial charge in [0.2, 0.25) is 0 Å². The van der Waals surface area contributed by atoms with Crippen molar-refractivity contribution in [3.63, 3.8) is 0 Å². The summed E-state index contributed by atoms with van der Waals surface area (Å²) in [6.45, 7) is 3.78. The Hall–Kier alpha value is -0.610. The summed E-state index contributed by atoms with van der Waals surface area (Å²) in [5.41, 5.74) is -0.378. The molecule has 0 aliphatic rings. The van der Waals surface area contributed by atoms with Crippen LogP contribution in [0.3, 0.4) is 0 Å². The van der Waals surface area contributed by atoms with Crippen molar-refractivity contribution < 1.29 is 19.0 Å². The van der Waals surface area contributed by atoms with Crippen LogP contribution >= 0.6 is 0 Å². The number of methoxy groups -OCH3 is 3. The van der Waals surface area contributed by atoms with Crippen molar-refractivity contribution >= 4 is 5.97 Å². The Balaban J connectivity index is 4.26. The molecule has 0 bridgehead atoms. The lowest BCUT2D eigenvalue weighted by molar-refractivity contribution is -0.178. The van der Waals surface area contributed by atoms with E-state index in [1.165, 1.54) is 7.11 Å². The van der Waals surface area contributed by atoms with Crippen LogP contribution in [0.4, 0.5) is 0 Å². The first-order valence-electron chi connectivity index (χ1n) is 4.10. The second-order valence-corrected chi connectivity index (χ2v) is 3.54. The molecule has 0 N–H and O–H groups in total. The molecular weight excluding hydrogens is 172 g/mol. The van der Waals surface area contributed by atoms with E-state index >= 15 is 0 Å². The van der Waals surface area contributed by atoms with Crippen molar-refractivity contribution in [1.82, 2.24) is 0 Å². The number of rotatable bonds is 5. The molecule has 0 aromatic carbocycles. The molecule has 0 aliphatic carbocycles. The number of esters is 1. The van der Waals surface area contributed by atoms with Crippen LogP contribution in [0.5, 0.6) is 0 Å². The van der Waals surface area contributed by atoms with E-state index < -0.39 is 6.29 Å². The van der Waals surface area contributed by atoms with E-state index in [-0.39, 0.29) is 17.8 Å². The molecule has 0 saturated carbocycles. The van der Waals surface area contributed by atoms with Gasteiger partial charge in [0.15, 0.2) is 6.29 Å². The standard InChI is InChI=1S/C9H18O4/c1-9(2,6-7(10)11-3)8(12-4)13-5/h8H,6H2,1-5H3. The molecule has 0 aliphatic heterocycles. The molecule has 13 heavy (non-hydrogen) atoms. The zero-order chi connectivity index (χ0) is 10.5. The first-order chi connectivity index (χ1) is 5.97. The summed E-state index contributed by atoms with van der Waals surface area (Å²) < 4.78 is 14.7. The van der Waals surface area contributed by atoms with Crippen LogP contribution in [0, 0.1) is 5.41 Å². The van der Waals surface area contributed by atoms with Gasteiger partial charge in [-0.1, -0.05) is 13.8 Å². The molecule has 78 valence electrons. The molecule has 0 heterocycles. The Morgan fingerprint density at radius 3 is 2.00 bits per heavy atom. The first-order valence-corrected chi connectivity index (χ1v) is 4.10. The lowest BCUT2D eigenvalue weighted by Crippen LogP contribution is -2.35. The van der Waals surface area contributed by atoms with E-state index in [1.807, 2.05) is 13.8 Å². The summed E-state index contributed by atoms with van der Waals surface area (Å²) in [7, 11) is 4.47. The minimum atomic E-state index is -0.397. The minimum absolute atomic E-state index is 0.260. The number of hydrogen-bond donors (Lipinski definition) is 0. The van der Waals surface area contributed by atoms with Gasteiger partial charge in [-0.25, -0.2) is 0 Å². The maximum atomic E-state index is 11.0. The Morgan fingerprint density at radius 1 is 1.23 bits per heavy atom. The average Bonchev–Trinajstić information content (AvgIpc) is 2.05. The predicted molar refractivity (Wildman–Crippen MR) is 48.2 cm³/mol. The molecule has 0 unspecified atom stereocenters. The highest BCUT2D eigenvalue weighted by atomic mass is 16.7. The topological polar surface area (TPSA) is 44.8 Å². The van der Waals surface area contributed by atoms with Crippen molar-refractivity contribution in [2.24, 2.45) is 5.41 Å². The third-order valence-electron chi connectivity index (χ3n) is 1.89. The Kier molecular flexibility index (Phi) is 4.95. The molecule has 0 saturated heterocycles. The van der Waals surface area contributed by atoms with Crippen LogP contribution in [0.2, 0.25) is 0 Å². The normalized spacial score (nSPS) is 11.8. The van der Waals surface area contributed by atoms with Gasteiger partial charge in [-0.05, 0) is 0 Å². The van der Waals surface area contributed by atoms with E-state index in [1.54, 1.807) is 14.2 Å². The second kappa shape index (κ2) is 5.19. The molecule has 0 aromatic rings. The van der Waals surface area contributed by atoms with Gasteiger partial charge in [0.1, 0.15) is 0 Å². The average molecular weight is 190 g/mol. The Bertz CT molecular complexity index is 161. The molecule has 4 heteroatoms. The van der Waals surface area contributed by atoms with E-state index in [4.69, 9.17) is 9.47 Å². The van der Waals surface area contributed by atoms with Crippen LogP contribution in [-0.4, -0.2) is 33.6 Å². The largest absolute Gasteiger partial charge is 0.469 e. The number of carbonyl (C=O) groups excluding carboxylic acids is 1. The fraction of sp³-hybridized carbons (Fsp3) is 0.889. The lowest BCUT2D eigenvalue weighted by Gasteiger charge is -2.30. The van der Waals surface area contributed by atoms with Crippen LogP contribution < -0.4 is 0 Å². The fourth-order valence-corrected chi connectivity index (χ4v) is 1.26. The molecule has 0 fully saturated rings. The fourth-order valence-electron chi connectivity index (χ4n) is 1.26. The molecule has 0 atom stereocenters. The van der Waals surface area contributed by atoms with E-state index in [9.17, 15) is 4.79 Å². The molecule has 0 spiro atoms. The zero-order valence-corrected chi connectivity index (χ0v) is 8.92. The monoisotopic (exact) mass is 190 g/mol. The highest BCUT2D eigenvalue weighted by Crippen LogP contribution is 2.28. The first kappa shape index (κ1) is 12.4. The van der Waals surface area contributed by atoms with E-state index in [0.29, 0.717) is 0 Å². The second-order valence-electron chi connectivity index (χ2n) is 3.54. The van der Waals surface area contributed by atoms with Crippen molar-refractivity contribution in [2.45, 2.75) is 26.6 Å². The summed E-state index contributed by atoms with van der Waals surface area (Å²) in [4.78, 5) is 11.0. The summed E-state index contributed by atoms with van der Waals surface area (Å²) >= 11 is 0. The van der Waals surface area contributed by atoms with Gasteiger partial charge in [-0.15, -0.1) is 0 Å². The highest BCUT2D eigenvalue weighted by molar-refractivity contribution is 5.70. The third-order valence-corrected chi connectivity index (χ3v) is 1.89. The van der Waals surface area contributed by atoms with Crippen molar-refractivity contribution in [2.75, 3.05) is 21.3 Å². The summed E-state index contributed by atoms with van der Waals surface area (Å²) in [5.74, 6) is -0.260. The van der Waals surface area contributed by atoms with Gasteiger partial charge >= 0.3 is 5.97 Å². The van der Waals surface area contributed by atoms with Gasteiger partial charge < -0.3 is 14.2 Å². The van der Waals surface area contributed by atoms with Crippen molar-refractivity contribution in [3.05, 3.63) is 0 Å². The Morgan fingerprint density at radius 2 is 1.69 bits per heavy atom. The number of carbonyl (C=O) groups is 1. The van der Waals surface area contributed by atoms with Gasteiger partial charge in [0.25, 0.3) is 0 Å². The smallest absolute Gasteiger partial charge is 0.306 e. The molecule has 4 nitrogen and oxygen atoms in total. The van der Waals surface area contributed by atoms with Crippen LogP contribution in [0.25, 0.3) is 0 Å². The maximum Gasteiger partial charge on any atom is 0.306 e. The third kappa shape index (κ3) is 3.74. The van der Waals surface area contributed by atoms with E-state index in [2.05, 4.69) is 4.74 Å². The summed E-state index contributed by atoms with van der Waals surface area (Å²) in [6, 6.07) is 0. The highest BCUT2D eigenvalue weighted by Gasteiger charge is 2.32. The lowest BCUT2D eigenvalue weighted by atomic mass is 9.88. The molecule has 0 amide bonds. The molecule has 0 radical (unpaired) electrons. The van der Waals surface area contributed by atoms with Gasteiger partial charge in [0, 0.05) is 19.6 Å². The quantitative estimate of drug-likeness (QED) is 0.482. The Labute approximate surface area is 79.2 Å². The van der Waals surface area contributed by atoms with Gasteiger partial charge in [-0.2, -0.15) is 0 Å². The van der Waals surface area contributed by atoms with Crippen molar-refractivity contribution in [1.29, 1.82) is 0 Å². The van der Waals surface area contributed by atoms with Crippen LogP contribution in [-0.2, 0) is 19.0 Å². The molecular formula is C9H18O4. The zero-order valence-electron chi connectivity index (χ0n) is 8.92. The number of ether oxygens (including phenoxy) is 3. The van der Waals surface area contributed by atoms with Crippen LogP contribution in [0.1, 0.15) is 20.3 Å². The SMILES string of the molecule is COC(=O)CC(C)(C)C(OC)OC.